The quantitative estimate of drug-likeness (QED) is 0.737. The normalized spacial score (nSPS) is 15.5. The largest absolute Gasteiger partial charge is 0.417 e. The van der Waals surface area contributed by atoms with Gasteiger partial charge in [0.05, 0.1) is 10.9 Å². The summed E-state index contributed by atoms with van der Waals surface area (Å²) < 4.78 is 5.93. The van der Waals surface area contributed by atoms with E-state index >= 15 is 0 Å². The Balaban J connectivity index is 1.62. The van der Waals surface area contributed by atoms with Gasteiger partial charge in [-0.3, -0.25) is 9.78 Å². The molecular weight excluding hydrogens is 360 g/mol. The summed E-state index contributed by atoms with van der Waals surface area (Å²) in [5.74, 6) is -0.530. The second kappa shape index (κ2) is 5.09. The lowest BCUT2D eigenvalue weighted by molar-refractivity contribution is -0.118. The molecule has 4 rings (SSSR count). The zero-order valence-corrected chi connectivity index (χ0v) is 13.6. The number of hydrogen-bond acceptors (Lipinski definition) is 3. The molecule has 3 aromatic rings. The Kier molecular flexibility index (Phi) is 3.16. The summed E-state index contributed by atoms with van der Waals surface area (Å²) >= 11 is 3.45. The van der Waals surface area contributed by atoms with E-state index < -0.39 is 11.2 Å². The summed E-state index contributed by atoms with van der Waals surface area (Å²) in [6, 6.07) is 13.0. The van der Waals surface area contributed by atoms with Crippen molar-refractivity contribution in [2.24, 2.45) is 0 Å². The molecule has 6 heteroatoms. The number of hydrogen-bond donors (Lipinski definition) is 2. The van der Waals surface area contributed by atoms with Crippen LogP contribution < -0.4 is 11.1 Å². The molecule has 2 N–H and O–H groups in total. The molecular formula is C17H13BrN2O3. The average Bonchev–Trinajstić information content (AvgIpc) is 3.24. The van der Waals surface area contributed by atoms with Gasteiger partial charge in [-0.1, -0.05) is 28.1 Å². The molecule has 5 nitrogen and oxygen atoms in total. The van der Waals surface area contributed by atoms with Gasteiger partial charge >= 0.3 is 5.76 Å². The standard InChI is InChI=1S/C17H13BrN2O3/c18-11-3-1-2-10(8-11)17(6-7-17)15(21)19-12-4-5-14-13(9-12)20-16(22)23-14/h1-5,8-9H,6-7H2,(H,19,21)(H,20,22). The number of carbonyl (C=O) groups is 1. The van der Waals surface area contributed by atoms with E-state index in [1.165, 1.54) is 0 Å². The molecule has 1 saturated carbocycles. The second-order valence-corrected chi connectivity index (χ2v) is 6.69. The molecule has 1 aromatic heterocycles. The van der Waals surface area contributed by atoms with Crippen molar-refractivity contribution in [3.63, 3.8) is 0 Å². The van der Waals surface area contributed by atoms with Crippen LogP contribution in [0.2, 0.25) is 0 Å². The van der Waals surface area contributed by atoms with E-state index in [1.807, 2.05) is 24.3 Å². The third kappa shape index (κ3) is 2.49. The van der Waals surface area contributed by atoms with Gasteiger partial charge in [-0.15, -0.1) is 0 Å². The maximum absolute atomic E-state index is 12.7. The number of aromatic amines is 1. The first kappa shape index (κ1) is 14.3. The van der Waals surface area contributed by atoms with Gasteiger partial charge in [0.2, 0.25) is 5.91 Å². The Morgan fingerprint density at radius 2 is 2.04 bits per heavy atom. The van der Waals surface area contributed by atoms with Gasteiger partial charge in [0.25, 0.3) is 0 Å². The van der Waals surface area contributed by atoms with E-state index in [4.69, 9.17) is 4.42 Å². The van der Waals surface area contributed by atoms with Crippen molar-refractivity contribution in [1.82, 2.24) is 4.98 Å². The summed E-state index contributed by atoms with van der Waals surface area (Å²) in [5.41, 5.74) is 2.24. The number of amides is 1. The molecule has 0 radical (unpaired) electrons. The average molecular weight is 373 g/mol. The molecule has 0 unspecified atom stereocenters. The zero-order valence-electron chi connectivity index (χ0n) is 12.1. The molecule has 1 aliphatic carbocycles. The van der Waals surface area contributed by atoms with E-state index in [-0.39, 0.29) is 5.91 Å². The lowest BCUT2D eigenvalue weighted by Gasteiger charge is -2.16. The molecule has 1 amide bonds. The summed E-state index contributed by atoms with van der Waals surface area (Å²) in [6.07, 6.45) is 1.67. The summed E-state index contributed by atoms with van der Waals surface area (Å²) in [5, 5.41) is 2.95. The smallest absolute Gasteiger partial charge is 0.408 e. The van der Waals surface area contributed by atoms with Crippen LogP contribution in [-0.2, 0) is 10.2 Å². The fourth-order valence-electron chi connectivity index (χ4n) is 2.84. The van der Waals surface area contributed by atoms with Gasteiger partial charge in [0, 0.05) is 10.2 Å². The van der Waals surface area contributed by atoms with Crippen LogP contribution in [0.5, 0.6) is 0 Å². The molecule has 2 aromatic carbocycles. The minimum absolute atomic E-state index is 0.0270. The fraction of sp³-hybridized carbons (Fsp3) is 0.176. The van der Waals surface area contributed by atoms with Crippen LogP contribution in [0.25, 0.3) is 11.1 Å². The maximum Gasteiger partial charge on any atom is 0.417 e. The van der Waals surface area contributed by atoms with Crippen molar-refractivity contribution in [2.75, 3.05) is 5.32 Å². The van der Waals surface area contributed by atoms with E-state index in [9.17, 15) is 9.59 Å². The van der Waals surface area contributed by atoms with Crippen molar-refractivity contribution in [1.29, 1.82) is 0 Å². The van der Waals surface area contributed by atoms with Crippen LogP contribution in [0.15, 0.2) is 56.1 Å². The van der Waals surface area contributed by atoms with Gasteiger partial charge in [-0.05, 0) is 48.7 Å². The van der Waals surface area contributed by atoms with Crippen molar-refractivity contribution in [2.45, 2.75) is 18.3 Å². The lowest BCUT2D eigenvalue weighted by Crippen LogP contribution is -2.27. The number of aromatic nitrogens is 1. The van der Waals surface area contributed by atoms with E-state index in [1.54, 1.807) is 18.2 Å². The molecule has 1 heterocycles. The Morgan fingerprint density at radius 3 is 2.78 bits per heavy atom. The molecule has 23 heavy (non-hydrogen) atoms. The highest BCUT2D eigenvalue weighted by atomic mass is 79.9. The Labute approximate surface area is 139 Å². The highest BCUT2D eigenvalue weighted by Crippen LogP contribution is 2.49. The number of carbonyl (C=O) groups excluding carboxylic acids is 1. The van der Waals surface area contributed by atoms with Crippen LogP contribution in [-0.4, -0.2) is 10.9 Å². The van der Waals surface area contributed by atoms with Crippen LogP contribution in [0.3, 0.4) is 0 Å². The number of benzene rings is 2. The number of nitrogens with one attached hydrogen (secondary N) is 2. The lowest BCUT2D eigenvalue weighted by atomic mass is 9.95. The second-order valence-electron chi connectivity index (χ2n) is 5.77. The monoisotopic (exact) mass is 372 g/mol. The predicted octanol–water partition coefficient (Wildman–Crippen LogP) is 3.55. The number of fused-ring (bicyclic) bond motifs is 1. The van der Waals surface area contributed by atoms with Crippen LogP contribution in [0.4, 0.5) is 5.69 Å². The van der Waals surface area contributed by atoms with Crippen molar-refractivity contribution >= 4 is 38.6 Å². The Morgan fingerprint density at radius 1 is 1.22 bits per heavy atom. The minimum atomic E-state index is -0.503. The van der Waals surface area contributed by atoms with Crippen molar-refractivity contribution in [3.8, 4) is 0 Å². The number of oxazole rings is 1. The van der Waals surface area contributed by atoms with Crippen LogP contribution >= 0.6 is 15.9 Å². The van der Waals surface area contributed by atoms with Crippen molar-refractivity contribution in [3.05, 3.63) is 63.1 Å². The maximum atomic E-state index is 12.7. The number of rotatable bonds is 3. The number of anilines is 1. The molecule has 1 fully saturated rings. The highest BCUT2D eigenvalue weighted by molar-refractivity contribution is 9.10. The molecule has 0 saturated heterocycles. The fourth-order valence-corrected chi connectivity index (χ4v) is 3.24. The van der Waals surface area contributed by atoms with E-state index in [0.717, 1.165) is 22.9 Å². The molecule has 0 aliphatic heterocycles. The molecule has 0 spiro atoms. The molecule has 0 bridgehead atoms. The van der Waals surface area contributed by atoms with Crippen LogP contribution in [0, 0.1) is 0 Å². The predicted molar refractivity (Wildman–Crippen MR) is 90.5 cm³/mol. The van der Waals surface area contributed by atoms with E-state index in [2.05, 4.69) is 26.2 Å². The third-order valence-corrected chi connectivity index (χ3v) is 4.73. The van der Waals surface area contributed by atoms with Gasteiger partial charge in [-0.25, -0.2) is 4.79 Å². The van der Waals surface area contributed by atoms with Gasteiger partial charge < -0.3 is 9.73 Å². The summed E-state index contributed by atoms with van der Waals surface area (Å²) in [7, 11) is 0. The number of H-pyrrole nitrogens is 1. The van der Waals surface area contributed by atoms with Gasteiger partial charge in [0.1, 0.15) is 0 Å². The molecule has 0 atom stereocenters. The summed E-state index contributed by atoms with van der Waals surface area (Å²) in [6.45, 7) is 0. The van der Waals surface area contributed by atoms with Crippen molar-refractivity contribution < 1.29 is 9.21 Å². The molecule has 1 aliphatic rings. The first-order valence-corrected chi connectivity index (χ1v) is 8.06. The summed E-state index contributed by atoms with van der Waals surface area (Å²) in [4.78, 5) is 26.5. The third-order valence-electron chi connectivity index (χ3n) is 4.24. The molecule has 116 valence electrons. The number of halogens is 1. The minimum Gasteiger partial charge on any atom is -0.408 e. The topological polar surface area (TPSA) is 75.1 Å². The first-order valence-electron chi connectivity index (χ1n) is 7.27. The SMILES string of the molecule is O=C(Nc1ccc2oc(=O)[nH]c2c1)C1(c2cccc(Br)c2)CC1. The highest BCUT2D eigenvalue weighted by Gasteiger charge is 2.51. The van der Waals surface area contributed by atoms with E-state index in [0.29, 0.717) is 16.8 Å². The Hall–Kier alpha value is -2.34. The Bertz CT molecular complexity index is 969. The first-order chi connectivity index (χ1) is 11.1. The van der Waals surface area contributed by atoms with Gasteiger partial charge in [0.15, 0.2) is 5.58 Å². The van der Waals surface area contributed by atoms with Crippen LogP contribution in [0.1, 0.15) is 18.4 Å². The zero-order chi connectivity index (χ0) is 16.0. The van der Waals surface area contributed by atoms with Gasteiger partial charge in [-0.2, -0.15) is 0 Å².